The third-order valence-electron chi connectivity index (χ3n) is 6.84. The Morgan fingerprint density at radius 2 is 1.65 bits per heavy atom. The Hall–Kier alpha value is -3.46. The Balaban J connectivity index is 0.00000186. The summed E-state index contributed by atoms with van der Waals surface area (Å²) < 4.78 is 13.2. The topological polar surface area (TPSA) is 76.2 Å². The van der Waals surface area contributed by atoms with E-state index in [0.717, 1.165) is 24.0 Å². The molecule has 200 valence electrons. The number of amides is 4. The van der Waals surface area contributed by atoms with E-state index in [-0.39, 0.29) is 49.3 Å². The molecule has 2 fully saturated rings. The summed E-state index contributed by atoms with van der Waals surface area (Å²) in [4.78, 5) is 43.8. The second-order valence-electron chi connectivity index (χ2n) is 9.00. The van der Waals surface area contributed by atoms with E-state index in [0.29, 0.717) is 0 Å². The molecule has 0 saturated carbocycles. The number of urea groups is 1. The first-order valence-corrected chi connectivity index (χ1v) is 13.0. The van der Waals surface area contributed by atoms with E-state index in [9.17, 15) is 18.8 Å². The van der Waals surface area contributed by atoms with Crippen molar-refractivity contribution in [2.75, 3.05) is 20.1 Å². The number of rotatable bonds is 6. The van der Waals surface area contributed by atoms with Crippen molar-refractivity contribution in [2.45, 2.75) is 65.3 Å². The van der Waals surface area contributed by atoms with Gasteiger partial charge in [-0.15, -0.1) is 0 Å². The molecule has 0 aliphatic carbocycles. The molecule has 0 aromatic heterocycles. The zero-order chi connectivity index (χ0) is 27.1. The number of carbonyl (C=O) groups excluding carboxylic acids is 3. The van der Waals surface area contributed by atoms with Gasteiger partial charge in [0, 0.05) is 19.6 Å². The number of hydrogen-bond donors (Lipinski definition) is 1. The van der Waals surface area contributed by atoms with Gasteiger partial charge in [0.2, 0.25) is 11.8 Å². The molecule has 4 amide bonds. The molecule has 37 heavy (non-hydrogen) atoms. The van der Waals surface area contributed by atoms with Gasteiger partial charge >= 0.3 is 6.03 Å². The van der Waals surface area contributed by atoms with Crippen molar-refractivity contribution in [1.29, 1.82) is 0 Å². The molecule has 0 radical (unpaired) electrons. The SMILES string of the molecule is CC.CCC(CC)N1CC2N(C(=O)CN(C)N2C(=O)NCc2ccc(F)cc2)[C@@H](c2ccccc2)C1=O. The summed E-state index contributed by atoms with van der Waals surface area (Å²) in [6, 6.07) is 14.0. The van der Waals surface area contributed by atoms with Crippen molar-refractivity contribution in [3.8, 4) is 0 Å². The number of hydrazine groups is 1. The third kappa shape index (κ3) is 5.93. The average molecular weight is 512 g/mol. The fourth-order valence-electron chi connectivity index (χ4n) is 5.04. The molecule has 0 bridgehead atoms. The second kappa shape index (κ2) is 12.7. The monoisotopic (exact) mass is 511 g/mol. The highest BCUT2D eigenvalue weighted by atomic mass is 19.1. The van der Waals surface area contributed by atoms with Crippen LogP contribution in [0.5, 0.6) is 0 Å². The Morgan fingerprint density at radius 1 is 1.03 bits per heavy atom. The number of piperazine rings is 1. The van der Waals surface area contributed by atoms with Crippen LogP contribution in [0.1, 0.15) is 57.7 Å². The fraction of sp³-hybridized carbons (Fsp3) is 0.464. The van der Waals surface area contributed by atoms with Crippen molar-refractivity contribution < 1.29 is 18.8 Å². The van der Waals surface area contributed by atoms with Crippen LogP contribution >= 0.6 is 0 Å². The quantitative estimate of drug-likeness (QED) is 0.632. The molecule has 8 nitrogen and oxygen atoms in total. The first-order valence-electron chi connectivity index (χ1n) is 13.0. The number of likely N-dealkylation sites (N-methyl/N-ethyl adjacent to an activating group) is 1. The molecule has 2 aromatic rings. The molecule has 1 N–H and O–H groups in total. The Morgan fingerprint density at radius 3 is 2.24 bits per heavy atom. The lowest BCUT2D eigenvalue weighted by atomic mass is 9.96. The van der Waals surface area contributed by atoms with Crippen LogP contribution < -0.4 is 5.32 Å². The van der Waals surface area contributed by atoms with E-state index < -0.39 is 12.2 Å². The molecule has 2 aliphatic heterocycles. The third-order valence-corrected chi connectivity index (χ3v) is 6.84. The highest BCUT2D eigenvalue weighted by Gasteiger charge is 2.52. The van der Waals surface area contributed by atoms with E-state index >= 15 is 0 Å². The van der Waals surface area contributed by atoms with Crippen molar-refractivity contribution in [2.24, 2.45) is 0 Å². The van der Waals surface area contributed by atoms with Crippen molar-refractivity contribution in [3.05, 3.63) is 71.5 Å². The second-order valence-corrected chi connectivity index (χ2v) is 9.00. The Labute approximate surface area is 219 Å². The number of carbonyl (C=O) groups is 3. The predicted molar refractivity (Wildman–Crippen MR) is 140 cm³/mol. The van der Waals surface area contributed by atoms with Crippen LogP contribution in [-0.4, -0.2) is 70.0 Å². The van der Waals surface area contributed by atoms with E-state index in [1.165, 1.54) is 17.1 Å². The van der Waals surface area contributed by atoms with Crippen LogP contribution in [0.3, 0.4) is 0 Å². The first-order chi connectivity index (χ1) is 17.8. The molecule has 1 unspecified atom stereocenters. The van der Waals surface area contributed by atoms with E-state index in [1.54, 1.807) is 29.1 Å². The smallest absolute Gasteiger partial charge is 0.334 e. The van der Waals surface area contributed by atoms with E-state index in [2.05, 4.69) is 5.32 Å². The Kier molecular flexibility index (Phi) is 9.63. The number of nitrogens with one attached hydrogen (secondary N) is 1. The highest BCUT2D eigenvalue weighted by molar-refractivity contribution is 5.92. The number of nitrogens with zero attached hydrogens (tertiary/aromatic N) is 4. The average Bonchev–Trinajstić information content (AvgIpc) is 2.91. The van der Waals surface area contributed by atoms with Gasteiger partial charge in [0.05, 0.1) is 13.1 Å². The summed E-state index contributed by atoms with van der Waals surface area (Å²) in [6.45, 7) is 8.49. The maximum atomic E-state index is 13.8. The van der Waals surface area contributed by atoms with Gasteiger partial charge in [-0.2, -0.15) is 0 Å². The number of hydrogen-bond acceptors (Lipinski definition) is 4. The minimum absolute atomic E-state index is 0.00215. The zero-order valence-electron chi connectivity index (χ0n) is 22.4. The van der Waals surface area contributed by atoms with Crippen LogP contribution in [-0.2, 0) is 16.1 Å². The number of fused-ring (bicyclic) bond motifs is 1. The van der Waals surface area contributed by atoms with Gasteiger partial charge in [-0.05, 0) is 36.1 Å². The van der Waals surface area contributed by atoms with Gasteiger partial charge in [0.25, 0.3) is 0 Å². The maximum absolute atomic E-state index is 13.8. The van der Waals surface area contributed by atoms with Gasteiger partial charge < -0.3 is 15.1 Å². The van der Waals surface area contributed by atoms with Crippen molar-refractivity contribution in [3.63, 3.8) is 0 Å². The van der Waals surface area contributed by atoms with Gasteiger partial charge in [-0.3, -0.25) is 9.59 Å². The normalized spacial score (nSPS) is 19.9. The molecule has 2 aliphatic rings. The standard InChI is InChI=1S/C26H32FN5O3.C2H6/c1-4-21(5-2)30-16-22-31(24(25(30)34)19-9-7-6-8-10-19)23(33)17-29(3)32(22)26(35)28-15-18-11-13-20(27)14-12-18;1-2/h6-14,21-22,24H,4-5,15-17H2,1-3H3,(H,28,35);1-2H3/t22?,24-;/m0./s1. The highest BCUT2D eigenvalue weighted by Crippen LogP contribution is 2.35. The lowest BCUT2D eigenvalue weighted by Gasteiger charge is -2.55. The number of halogens is 1. The van der Waals surface area contributed by atoms with Crippen LogP contribution in [0.15, 0.2) is 54.6 Å². The van der Waals surface area contributed by atoms with Gasteiger partial charge in [-0.1, -0.05) is 70.2 Å². The van der Waals surface area contributed by atoms with Gasteiger partial charge in [0.15, 0.2) is 0 Å². The molecule has 9 heteroatoms. The Bertz CT molecular complexity index is 1060. The molecule has 2 atom stereocenters. The summed E-state index contributed by atoms with van der Waals surface area (Å²) in [5.41, 5.74) is 1.48. The van der Waals surface area contributed by atoms with Crippen molar-refractivity contribution >= 4 is 17.8 Å². The summed E-state index contributed by atoms with van der Waals surface area (Å²) in [7, 11) is 1.70. The lowest BCUT2D eigenvalue weighted by Crippen LogP contribution is -2.74. The van der Waals surface area contributed by atoms with E-state index in [1.807, 2.05) is 62.9 Å². The molecule has 2 saturated heterocycles. The van der Waals surface area contributed by atoms with Crippen LogP contribution in [0.25, 0.3) is 0 Å². The summed E-state index contributed by atoms with van der Waals surface area (Å²) in [5.74, 6) is -0.664. The van der Waals surface area contributed by atoms with Crippen molar-refractivity contribution in [1.82, 2.24) is 25.1 Å². The zero-order valence-corrected chi connectivity index (χ0v) is 22.4. The minimum atomic E-state index is -0.802. The molecule has 4 rings (SSSR count). The summed E-state index contributed by atoms with van der Waals surface area (Å²) in [5, 5.41) is 6.02. The van der Waals surface area contributed by atoms with Crippen LogP contribution in [0.4, 0.5) is 9.18 Å². The molecule has 2 heterocycles. The van der Waals surface area contributed by atoms with Crippen LogP contribution in [0, 0.1) is 5.82 Å². The van der Waals surface area contributed by atoms with Gasteiger partial charge in [0.1, 0.15) is 18.0 Å². The molecule has 0 spiro atoms. The van der Waals surface area contributed by atoms with E-state index in [4.69, 9.17) is 0 Å². The first kappa shape index (κ1) is 28.1. The molecular formula is C28H38FN5O3. The molecule has 2 aromatic carbocycles. The molecular weight excluding hydrogens is 473 g/mol. The largest absolute Gasteiger partial charge is 0.334 e. The van der Waals surface area contributed by atoms with Crippen LogP contribution in [0.2, 0.25) is 0 Å². The fourth-order valence-corrected chi connectivity index (χ4v) is 5.04. The maximum Gasteiger partial charge on any atom is 0.334 e. The minimum Gasteiger partial charge on any atom is -0.334 e. The summed E-state index contributed by atoms with van der Waals surface area (Å²) in [6.07, 6.45) is 0.895. The number of benzene rings is 2. The summed E-state index contributed by atoms with van der Waals surface area (Å²) >= 11 is 0. The predicted octanol–water partition coefficient (Wildman–Crippen LogP) is 4.15. The van der Waals surface area contributed by atoms with Gasteiger partial charge in [-0.25, -0.2) is 19.2 Å². The lowest BCUT2D eigenvalue weighted by molar-refractivity contribution is -0.190.